The molecule has 3 heterocycles. The first-order valence-electron chi connectivity index (χ1n) is 7.83. The Hall–Kier alpha value is -0.120. The molecule has 0 aromatic rings. The number of ether oxygens (including phenoxy) is 1. The van der Waals surface area contributed by atoms with Crippen LogP contribution in [0, 0.1) is 0 Å². The van der Waals surface area contributed by atoms with Crippen LogP contribution in [-0.2, 0) is 4.74 Å². The number of hydrogen-bond donors (Lipinski definition) is 1. The third-order valence-corrected chi connectivity index (χ3v) is 5.19. The van der Waals surface area contributed by atoms with Crippen molar-refractivity contribution < 1.29 is 4.74 Å². The van der Waals surface area contributed by atoms with Gasteiger partial charge in [0.2, 0.25) is 0 Å². The molecule has 1 N–H and O–H groups in total. The van der Waals surface area contributed by atoms with Crippen molar-refractivity contribution in [1.82, 2.24) is 10.2 Å². The van der Waals surface area contributed by atoms with Crippen LogP contribution < -0.4 is 5.32 Å². The Morgan fingerprint density at radius 3 is 2.56 bits per heavy atom. The number of fused-ring (bicyclic) bond motifs is 2. The molecule has 0 aliphatic carbocycles. The maximum absolute atomic E-state index is 5.98. The lowest BCUT2D eigenvalue weighted by Crippen LogP contribution is -2.53. The third kappa shape index (κ3) is 2.45. The molecule has 3 aliphatic rings. The van der Waals surface area contributed by atoms with Crippen molar-refractivity contribution in [3.05, 3.63) is 0 Å². The summed E-state index contributed by atoms with van der Waals surface area (Å²) in [5, 5.41) is 3.65. The molecule has 0 spiro atoms. The highest BCUT2D eigenvalue weighted by atomic mass is 16.5. The quantitative estimate of drug-likeness (QED) is 0.830. The largest absolute Gasteiger partial charge is 0.374 e. The van der Waals surface area contributed by atoms with Gasteiger partial charge in [-0.25, -0.2) is 0 Å². The van der Waals surface area contributed by atoms with Crippen LogP contribution in [-0.4, -0.2) is 48.3 Å². The van der Waals surface area contributed by atoms with E-state index >= 15 is 0 Å². The maximum Gasteiger partial charge on any atom is 0.0781 e. The number of hydrogen-bond acceptors (Lipinski definition) is 3. The van der Waals surface area contributed by atoms with Crippen molar-refractivity contribution in [2.45, 2.75) is 76.1 Å². The molecular weight excluding hydrogens is 224 g/mol. The minimum Gasteiger partial charge on any atom is -0.374 e. The average Bonchev–Trinajstić information content (AvgIpc) is 2.84. The van der Waals surface area contributed by atoms with E-state index in [0.29, 0.717) is 0 Å². The Kier molecular flexibility index (Phi) is 3.65. The van der Waals surface area contributed by atoms with Crippen LogP contribution in [0.4, 0.5) is 0 Å². The fourth-order valence-corrected chi connectivity index (χ4v) is 4.34. The van der Waals surface area contributed by atoms with Gasteiger partial charge >= 0.3 is 0 Å². The van der Waals surface area contributed by atoms with Crippen molar-refractivity contribution in [3.63, 3.8) is 0 Å². The highest BCUT2D eigenvalue weighted by Crippen LogP contribution is 2.38. The lowest BCUT2D eigenvalue weighted by atomic mass is 9.94. The molecule has 3 nitrogen and oxygen atoms in total. The molecule has 3 rings (SSSR count). The zero-order valence-corrected chi connectivity index (χ0v) is 12.0. The van der Waals surface area contributed by atoms with E-state index in [0.717, 1.165) is 31.3 Å². The SMILES string of the molecule is CCNC1CC2CCC(C1)N2CC1(C)CCCO1. The highest BCUT2D eigenvalue weighted by molar-refractivity contribution is 5.00. The third-order valence-electron chi connectivity index (χ3n) is 5.19. The summed E-state index contributed by atoms with van der Waals surface area (Å²) in [5.41, 5.74) is 0.145. The van der Waals surface area contributed by atoms with Crippen molar-refractivity contribution in [2.75, 3.05) is 19.7 Å². The van der Waals surface area contributed by atoms with Crippen molar-refractivity contribution in [2.24, 2.45) is 0 Å². The van der Waals surface area contributed by atoms with Crippen LogP contribution in [0.3, 0.4) is 0 Å². The lowest BCUT2D eigenvalue weighted by molar-refractivity contribution is -0.0311. The van der Waals surface area contributed by atoms with E-state index in [2.05, 4.69) is 24.1 Å². The Morgan fingerprint density at radius 2 is 2.00 bits per heavy atom. The standard InChI is InChI=1S/C15H28N2O/c1-3-16-12-9-13-5-6-14(10-12)17(13)11-15(2)7-4-8-18-15/h12-14,16H,3-11H2,1-2H3. The van der Waals surface area contributed by atoms with Gasteiger partial charge in [-0.1, -0.05) is 6.92 Å². The zero-order valence-electron chi connectivity index (χ0n) is 12.0. The van der Waals surface area contributed by atoms with E-state index in [1.54, 1.807) is 0 Å². The van der Waals surface area contributed by atoms with Crippen LogP contribution >= 0.6 is 0 Å². The first kappa shape index (κ1) is 12.9. The number of nitrogens with one attached hydrogen (secondary N) is 1. The Bertz CT molecular complexity index is 274. The zero-order chi connectivity index (χ0) is 12.6. The second kappa shape index (κ2) is 5.10. The summed E-state index contributed by atoms with van der Waals surface area (Å²) in [6.45, 7) is 7.79. The lowest BCUT2D eigenvalue weighted by Gasteiger charge is -2.42. The Balaban J connectivity index is 1.61. The number of rotatable bonds is 4. The molecule has 104 valence electrons. The van der Waals surface area contributed by atoms with Gasteiger partial charge in [-0.3, -0.25) is 4.90 Å². The molecule has 3 atom stereocenters. The molecule has 3 unspecified atom stereocenters. The van der Waals surface area contributed by atoms with E-state index in [4.69, 9.17) is 4.74 Å². The molecule has 3 aliphatic heterocycles. The predicted octanol–water partition coefficient (Wildman–Crippen LogP) is 2.16. The summed E-state index contributed by atoms with van der Waals surface area (Å²) in [6.07, 6.45) is 8.01. The summed E-state index contributed by atoms with van der Waals surface area (Å²) in [4.78, 5) is 2.78. The van der Waals surface area contributed by atoms with Gasteiger partial charge in [-0.15, -0.1) is 0 Å². The smallest absolute Gasteiger partial charge is 0.0781 e. The fourth-order valence-electron chi connectivity index (χ4n) is 4.34. The molecule has 0 radical (unpaired) electrons. The summed E-state index contributed by atoms with van der Waals surface area (Å²) in [7, 11) is 0. The van der Waals surface area contributed by atoms with Gasteiger partial charge in [0.25, 0.3) is 0 Å². The van der Waals surface area contributed by atoms with E-state index < -0.39 is 0 Å². The number of nitrogens with zero attached hydrogens (tertiary/aromatic N) is 1. The van der Waals surface area contributed by atoms with E-state index in [1.807, 2.05) is 0 Å². The monoisotopic (exact) mass is 252 g/mol. The van der Waals surface area contributed by atoms with Crippen LogP contribution in [0.1, 0.15) is 52.4 Å². The van der Waals surface area contributed by atoms with Crippen LogP contribution in [0.15, 0.2) is 0 Å². The molecule has 3 fully saturated rings. The van der Waals surface area contributed by atoms with Gasteiger partial charge in [-0.2, -0.15) is 0 Å². The molecule has 0 aromatic carbocycles. The molecule has 0 amide bonds. The van der Waals surface area contributed by atoms with E-state index in [-0.39, 0.29) is 5.60 Å². The molecule has 18 heavy (non-hydrogen) atoms. The average molecular weight is 252 g/mol. The van der Waals surface area contributed by atoms with Crippen molar-refractivity contribution in [3.8, 4) is 0 Å². The summed E-state index contributed by atoms with van der Waals surface area (Å²) < 4.78 is 5.98. The predicted molar refractivity (Wildman–Crippen MR) is 73.8 cm³/mol. The van der Waals surface area contributed by atoms with Gasteiger partial charge in [-0.05, 0) is 52.0 Å². The summed E-state index contributed by atoms with van der Waals surface area (Å²) in [5.74, 6) is 0. The van der Waals surface area contributed by atoms with E-state index in [9.17, 15) is 0 Å². The van der Waals surface area contributed by atoms with Gasteiger partial charge in [0.15, 0.2) is 0 Å². The minimum atomic E-state index is 0.145. The molecule has 2 bridgehead atoms. The highest BCUT2D eigenvalue weighted by Gasteiger charge is 2.44. The maximum atomic E-state index is 5.98. The van der Waals surface area contributed by atoms with Crippen molar-refractivity contribution in [1.29, 1.82) is 0 Å². The molecular formula is C15H28N2O. The van der Waals surface area contributed by atoms with Crippen LogP contribution in [0.5, 0.6) is 0 Å². The molecule has 3 saturated heterocycles. The first-order valence-corrected chi connectivity index (χ1v) is 7.83. The minimum absolute atomic E-state index is 0.145. The van der Waals surface area contributed by atoms with Crippen LogP contribution in [0.2, 0.25) is 0 Å². The molecule has 3 heteroatoms. The Labute approximate surface area is 111 Å². The number of piperidine rings is 1. The van der Waals surface area contributed by atoms with Gasteiger partial charge in [0.1, 0.15) is 0 Å². The van der Waals surface area contributed by atoms with Crippen molar-refractivity contribution >= 4 is 0 Å². The first-order chi connectivity index (χ1) is 8.70. The summed E-state index contributed by atoms with van der Waals surface area (Å²) >= 11 is 0. The van der Waals surface area contributed by atoms with Gasteiger partial charge in [0.05, 0.1) is 5.60 Å². The van der Waals surface area contributed by atoms with E-state index in [1.165, 1.54) is 45.1 Å². The van der Waals surface area contributed by atoms with Gasteiger partial charge in [0, 0.05) is 31.3 Å². The van der Waals surface area contributed by atoms with Gasteiger partial charge < -0.3 is 10.1 Å². The second-order valence-corrected chi connectivity index (χ2v) is 6.69. The topological polar surface area (TPSA) is 24.5 Å². The normalized spacial score (nSPS) is 44.7. The summed E-state index contributed by atoms with van der Waals surface area (Å²) in [6, 6.07) is 2.39. The second-order valence-electron chi connectivity index (χ2n) is 6.69. The molecule has 0 saturated carbocycles. The van der Waals surface area contributed by atoms with Crippen LogP contribution in [0.25, 0.3) is 0 Å². The molecule has 0 aromatic heterocycles. The fraction of sp³-hybridized carbons (Fsp3) is 1.00. The Morgan fingerprint density at radius 1 is 1.28 bits per heavy atom.